The highest BCUT2D eigenvalue weighted by atomic mass is 16.5. The Balaban J connectivity index is 2.13. The van der Waals surface area contributed by atoms with Gasteiger partial charge >= 0.3 is 0 Å². The minimum absolute atomic E-state index is 0.0361. The van der Waals surface area contributed by atoms with Gasteiger partial charge in [-0.1, -0.05) is 24.3 Å². The number of ether oxygens (including phenoxy) is 1. The van der Waals surface area contributed by atoms with Gasteiger partial charge in [-0.25, -0.2) is 0 Å². The van der Waals surface area contributed by atoms with Gasteiger partial charge in [-0.15, -0.1) is 0 Å². The standard InChI is InChI=1S/C12H17NO/c1-14-9-10-3-5-11(6-4-10)12(13)7-2-8-12/h3-6H,2,7-9,13H2,1H3. The third-order valence-corrected chi connectivity index (χ3v) is 3.09. The number of hydrogen-bond acceptors (Lipinski definition) is 2. The van der Waals surface area contributed by atoms with E-state index in [2.05, 4.69) is 24.3 Å². The molecule has 0 heterocycles. The quantitative estimate of drug-likeness (QED) is 0.794. The van der Waals surface area contributed by atoms with Crippen LogP contribution in [0.2, 0.25) is 0 Å². The highest BCUT2D eigenvalue weighted by molar-refractivity contribution is 5.29. The fourth-order valence-electron chi connectivity index (χ4n) is 1.95. The van der Waals surface area contributed by atoms with Crippen LogP contribution in [0.3, 0.4) is 0 Å². The molecule has 0 aromatic heterocycles. The molecule has 0 spiro atoms. The summed E-state index contributed by atoms with van der Waals surface area (Å²) < 4.78 is 5.06. The predicted molar refractivity (Wildman–Crippen MR) is 56.9 cm³/mol. The second-order valence-corrected chi connectivity index (χ2v) is 4.14. The Morgan fingerprint density at radius 2 is 1.93 bits per heavy atom. The van der Waals surface area contributed by atoms with Crippen molar-refractivity contribution in [1.29, 1.82) is 0 Å². The van der Waals surface area contributed by atoms with Gasteiger partial charge in [0.25, 0.3) is 0 Å². The summed E-state index contributed by atoms with van der Waals surface area (Å²) in [4.78, 5) is 0. The molecule has 0 aliphatic heterocycles. The molecule has 2 heteroatoms. The molecule has 14 heavy (non-hydrogen) atoms. The lowest BCUT2D eigenvalue weighted by atomic mass is 9.73. The smallest absolute Gasteiger partial charge is 0.0713 e. The molecular weight excluding hydrogens is 174 g/mol. The molecule has 1 aromatic rings. The molecule has 1 fully saturated rings. The third-order valence-electron chi connectivity index (χ3n) is 3.09. The van der Waals surface area contributed by atoms with Gasteiger partial charge in [-0.3, -0.25) is 0 Å². The van der Waals surface area contributed by atoms with E-state index >= 15 is 0 Å². The molecular formula is C12H17NO. The van der Waals surface area contributed by atoms with Crippen LogP contribution in [0.1, 0.15) is 30.4 Å². The van der Waals surface area contributed by atoms with Crippen molar-refractivity contribution in [1.82, 2.24) is 0 Å². The van der Waals surface area contributed by atoms with Gasteiger partial charge in [0, 0.05) is 12.6 Å². The van der Waals surface area contributed by atoms with E-state index in [1.165, 1.54) is 17.5 Å². The fourth-order valence-corrected chi connectivity index (χ4v) is 1.95. The van der Waals surface area contributed by atoms with Gasteiger partial charge in [-0.2, -0.15) is 0 Å². The molecule has 2 rings (SSSR count). The Hall–Kier alpha value is -0.860. The van der Waals surface area contributed by atoms with E-state index in [4.69, 9.17) is 10.5 Å². The number of rotatable bonds is 3. The molecule has 0 atom stereocenters. The molecule has 1 aromatic carbocycles. The van der Waals surface area contributed by atoms with Gasteiger partial charge in [-0.05, 0) is 30.4 Å². The number of hydrogen-bond donors (Lipinski definition) is 1. The zero-order valence-corrected chi connectivity index (χ0v) is 8.62. The highest BCUT2D eigenvalue weighted by Crippen LogP contribution is 2.38. The van der Waals surface area contributed by atoms with Crippen LogP contribution in [0.25, 0.3) is 0 Å². The van der Waals surface area contributed by atoms with E-state index in [0.29, 0.717) is 6.61 Å². The van der Waals surface area contributed by atoms with Crippen LogP contribution >= 0.6 is 0 Å². The highest BCUT2D eigenvalue weighted by Gasteiger charge is 2.33. The zero-order valence-electron chi connectivity index (χ0n) is 8.62. The Bertz CT molecular complexity index is 301. The van der Waals surface area contributed by atoms with Gasteiger partial charge in [0.05, 0.1) is 6.61 Å². The SMILES string of the molecule is COCc1ccc(C2(N)CCC2)cc1. The lowest BCUT2D eigenvalue weighted by Gasteiger charge is -2.38. The van der Waals surface area contributed by atoms with Gasteiger partial charge in [0.2, 0.25) is 0 Å². The topological polar surface area (TPSA) is 35.2 Å². The maximum Gasteiger partial charge on any atom is 0.0713 e. The Morgan fingerprint density at radius 3 is 2.36 bits per heavy atom. The zero-order chi connectivity index (χ0) is 10.0. The first-order chi connectivity index (χ1) is 6.74. The Labute approximate surface area is 85.1 Å². The van der Waals surface area contributed by atoms with Crippen molar-refractivity contribution in [2.24, 2.45) is 5.73 Å². The largest absolute Gasteiger partial charge is 0.380 e. The first-order valence-electron chi connectivity index (χ1n) is 5.12. The monoisotopic (exact) mass is 191 g/mol. The van der Waals surface area contributed by atoms with Crippen molar-refractivity contribution >= 4 is 0 Å². The van der Waals surface area contributed by atoms with Crippen LogP contribution in [0.4, 0.5) is 0 Å². The summed E-state index contributed by atoms with van der Waals surface area (Å²) in [5.74, 6) is 0. The molecule has 0 bridgehead atoms. The Morgan fingerprint density at radius 1 is 1.29 bits per heavy atom. The Kier molecular flexibility index (Phi) is 2.57. The van der Waals surface area contributed by atoms with Crippen molar-refractivity contribution in [2.45, 2.75) is 31.4 Å². The molecule has 2 N–H and O–H groups in total. The molecule has 76 valence electrons. The summed E-state index contributed by atoms with van der Waals surface area (Å²) in [5.41, 5.74) is 8.66. The van der Waals surface area contributed by atoms with Crippen LogP contribution in [0, 0.1) is 0 Å². The van der Waals surface area contributed by atoms with Crippen LogP contribution in [-0.4, -0.2) is 7.11 Å². The second kappa shape index (κ2) is 3.71. The van der Waals surface area contributed by atoms with E-state index < -0.39 is 0 Å². The molecule has 1 saturated carbocycles. The predicted octanol–water partition coefficient (Wildman–Crippen LogP) is 2.17. The van der Waals surface area contributed by atoms with Crippen LogP contribution in [0.5, 0.6) is 0 Å². The summed E-state index contributed by atoms with van der Waals surface area (Å²) >= 11 is 0. The molecule has 0 unspecified atom stereocenters. The van der Waals surface area contributed by atoms with E-state index in [1.807, 2.05) is 0 Å². The summed E-state index contributed by atoms with van der Waals surface area (Å²) in [6.07, 6.45) is 3.50. The van der Waals surface area contributed by atoms with E-state index in [9.17, 15) is 0 Å². The van der Waals surface area contributed by atoms with Crippen LogP contribution in [0.15, 0.2) is 24.3 Å². The first kappa shape index (κ1) is 9.69. The van der Waals surface area contributed by atoms with Crippen molar-refractivity contribution < 1.29 is 4.74 Å². The van der Waals surface area contributed by atoms with E-state index in [1.54, 1.807) is 7.11 Å². The second-order valence-electron chi connectivity index (χ2n) is 4.14. The first-order valence-corrected chi connectivity index (χ1v) is 5.12. The molecule has 0 amide bonds. The molecule has 0 saturated heterocycles. The summed E-state index contributed by atoms with van der Waals surface area (Å²) in [6.45, 7) is 0.678. The normalized spacial score (nSPS) is 19.0. The average molecular weight is 191 g/mol. The molecule has 1 aliphatic carbocycles. The van der Waals surface area contributed by atoms with Gasteiger partial charge < -0.3 is 10.5 Å². The summed E-state index contributed by atoms with van der Waals surface area (Å²) in [6, 6.07) is 8.47. The van der Waals surface area contributed by atoms with Gasteiger partial charge in [0.15, 0.2) is 0 Å². The maximum absolute atomic E-state index is 6.22. The number of nitrogens with two attached hydrogens (primary N) is 1. The molecule has 0 radical (unpaired) electrons. The summed E-state index contributed by atoms with van der Waals surface area (Å²) in [5, 5.41) is 0. The van der Waals surface area contributed by atoms with Crippen molar-refractivity contribution in [2.75, 3.05) is 7.11 Å². The molecule has 1 aliphatic rings. The van der Waals surface area contributed by atoms with Crippen molar-refractivity contribution in [3.8, 4) is 0 Å². The van der Waals surface area contributed by atoms with Crippen LogP contribution < -0.4 is 5.73 Å². The molecule has 2 nitrogen and oxygen atoms in total. The van der Waals surface area contributed by atoms with Crippen molar-refractivity contribution in [3.05, 3.63) is 35.4 Å². The lowest BCUT2D eigenvalue weighted by Crippen LogP contribution is -2.43. The van der Waals surface area contributed by atoms with Crippen LogP contribution in [-0.2, 0) is 16.9 Å². The minimum Gasteiger partial charge on any atom is -0.380 e. The summed E-state index contributed by atoms with van der Waals surface area (Å²) in [7, 11) is 1.71. The van der Waals surface area contributed by atoms with E-state index in [0.717, 1.165) is 12.8 Å². The lowest BCUT2D eigenvalue weighted by molar-refractivity contribution is 0.184. The van der Waals surface area contributed by atoms with Crippen molar-refractivity contribution in [3.63, 3.8) is 0 Å². The minimum atomic E-state index is -0.0361. The number of benzene rings is 1. The maximum atomic E-state index is 6.22. The third kappa shape index (κ3) is 1.68. The number of methoxy groups -OCH3 is 1. The average Bonchev–Trinajstić information content (AvgIpc) is 2.16. The van der Waals surface area contributed by atoms with Gasteiger partial charge in [0.1, 0.15) is 0 Å². The fraction of sp³-hybridized carbons (Fsp3) is 0.500. The van der Waals surface area contributed by atoms with E-state index in [-0.39, 0.29) is 5.54 Å².